The summed E-state index contributed by atoms with van der Waals surface area (Å²) in [5, 5.41) is 3.28. The van der Waals surface area contributed by atoms with Gasteiger partial charge in [0.15, 0.2) is 0 Å². The lowest BCUT2D eigenvalue weighted by atomic mass is 9.93. The number of methoxy groups -OCH3 is 1. The van der Waals surface area contributed by atoms with Gasteiger partial charge < -0.3 is 14.5 Å². The van der Waals surface area contributed by atoms with Crippen LogP contribution in [0.1, 0.15) is 31.8 Å². The Bertz CT molecular complexity index is 1350. The van der Waals surface area contributed by atoms with Gasteiger partial charge in [0, 0.05) is 18.0 Å². The van der Waals surface area contributed by atoms with Crippen LogP contribution in [0.3, 0.4) is 0 Å². The molecule has 32 heavy (non-hydrogen) atoms. The summed E-state index contributed by atoms with van der Waals surface area (Å²) in [6.07, 6.45) is 0. The van der Waals surface area contributed by atoms with Crippen LogP contribution in [-0.4, -0.2) is 26.0 Å². The molecule has 1 N–H and O–H groups in total. The minimum absolute atomic E-state index is 0.309. The van der Waals surface area contributed by atoms with Crippen molar-refractivity contribution < 1.29 is 23.1 Å². The Labute approximate surface area is 184 Å². The maximum absolute atomic E-state index is 13.4. The van der Waals surface area contributed by atoms with Gasteiger partial charge in [-0.25, -0.2) is 9.18 Å². The van der Waals surface area contributed by atoms with E-state index in [1.807, 2.05) is 32.0 Å². The highest BCUT2D eigenvalue weighted by Crippen LogP contribution is 2.37. The Morgan fingerprint density at radius 1 is 0.938 bits per heavy atom. The number of rotatable bonds is 4. The van der Waals surface area contributed by atoms with E-state index in [1.54, 1.807) is 31.3 Å². The van der Waals surface area contributed by atoms with Gasteiger partial charge in [0.05, 0.1) is 18.2 Å². The average molecular weight is 431 g/mol. The second-order valence-electron chi connectivity index (χ2n) is 7.58. The highest BCUT2D eigenvalue weighted by molar-refractivity contribution is 6.12. The number of furan rings is 1. The number of hydrogen-bond acceptors (Lipinski definition) is 4. The van der Waals surface area contributed by atoms with E-state index in [0.29, 0.717) is 33.4 Å². The lowest BCUT2D eigenvalue weighted by Crippen LogP contribution is -2.18. The maximum Gasteiger partial charge on any atom is 0.338 e. The second-order valence-corrected chi connectivity index (χ2v) is 7.58. The molecule has 0 aliphatic heterocycles. The van der Waals surface area contributed by atoms with Crippen molar-refractivity contribution in [3.8, 4) is 22.5 Å². The molecule has 5 nitrogen and oxygen atoms in total. The molecular weight excluding hydrogens is 409 g/mol. The molecule has 1 amide bonds. The predicted octanol–water partition coefficient (Wildman–Crippen LogP) is 5.67. The van der Waals surface area contributed by atoms with Gasteiger partial charge in [0.2, 0.25) is 0 Å². The molecule has 0 atom stereocenters. The van der Waals surface area contributed by atoms with Gasteiger partial charge in [-0.05, 0) is 78.6 Å². The molecule has 0 unspecified atom stereocenters. The van der Waals surface area contributed by atoms with Gasteiger partial charge in [-0.3, -0.25) is 4.79 Å². The third-order valence-corrected chi connectivity index (χ3v) is 5.54. The normalized spacial score (nSPS) is 10.9. The molecule has 0 aliphatic rings. The van der Waals surface area contributed by atoms with Crippen LogP contribution >= 0.6 is 0 Å². The molecule has 0 bridgehead atoms. The predicted molar refractivity (Wildman–Crippen MR) is 121 cm³/mol. The Morgan fingerprint density at radius 2 is 1.62 bits per heavy atom. The van der Waals surface area contributed by atoms with Gasteiger partial charge in [0.25, 0.3) is 5.91 Å². The molecule has 0 aliphatic carbocycles. The van der Waals surface area contributed by atoms with Crippen molar-refractivity contribution >= 4 is 22.8 Å². The van der Waals surface area contributed by atoms with E-state index in [1.165, 1.54) is 19.2 Å². The zero-order valence-electron chi connectivity index (χ0n) is 18.2. The first-order valence-electron chi connectivity index (χ1n) is 10.1. The Hall–Kier alpha value is -3.93. The molecule has 1 aromatic heterocycles. The summed E-state index contributed by atoms with van der Waals surface area (Å²) in [6, 6.07) is 15.1. The molecule has 162 valence electrons. The van der Waals surface area contributed by atoms with Crippen LogP contribution in [0.4, 0.5) is 4.39 Å². The number of fused-ring (bicyclic) bond motifs is 1. The largest absolute Gasteiger partial charge is 0.465 e. The molecule has 0 fully saturated rings. The maximum atomic E-state index is 13.4. The number of nitrogens with one attached hydrogen (secondary N) is 1. The minimum atomic E-state index is -0.405. The van der Waals surface area contributed by atoms with Crippen molar-refractivity contribution in [2.75, 3.05) is 14.2 Å². The van der Waals surface area contributed by atoms with Crippen LogP contribution < -0.4 is 5.32 Å². The molecule has 4 rings (SSSR count). The van der Waals surface area contributed by atoms with E-state index in [4.69, 9.17) is 9.15 Å². The molecule has 0 saturated carbocycles. The van der Waals surface area contributed by atoms with E-state index in [0.717, 1.165) is 22.3 Å². The van der Waals surface area contributed by atoms with Crippen molar-refractivity contribution in [2.45, 2.75) is 13.8 Å². The fourth-order valence-electron chi connectivity index (χ4n) is 3.91. The zero-order valence-corrected chi connectivity index (χ0v) is 18.2. The number of benzene rings is 3. The lowest BCUT2D eigenvalue weighted by molar-refractivity contribution is 0.0599. The number of aryl methyl sites for hydroxylation is 2. The van der Waals surface area contributed by atoms with Gasteiger partial charge >= 0.3 is 5.97 Å². The number of amides is 1. The summed E-state index contributed by atoms with van der Waals surface area (Å²) < 4.78 is 24.3. The van der Waals surface area contributed by atoms with Gasteiger partial charge in [-0.2, -0.15) is 0 Å². The van der Waals surface area contributed by atoms with Crippen molar-refractivity contribution in [1.82, 2.24) is 5.32 Å². The summed E-state index contributed by atoms with van der Waals surface area (Å²) in [6.45, 7) is 3.83. The molecular formula is C26H22FNO4. The summed E-state index contributed by atoms with van der Waals surface area (Å²) >= 11 is 0. The Morgan fingerprint density at radius 3 is 2.28 bits per heavy atom. The molecule has 1 heterocycles. The van der Waals surface area contributed by atoms with E-state index < -0.39 is 5.97 Å². The van der Waals surface area contributed by atoms with Crippen molar-refractivity contribution in [2.24, 2.45) is 0 Å². The van der Waals surface area contributed by atoms with E-state index >= 15 is 0 Å². The standard InChI is InChI=1S/C26H22FNO4/c1-14-11-15(2)20(26(30)31-4)13-19(14)17-7-10-22-21(12-17)23(25(29)28-3)24(32-22)16-5-8-18(27)9-6-16/h5-13H,1-4H3,(H,28,29). The van der Waals surface area contributed by atoms with Gasteiger partial charge in [-0.1, -0.05) is 12.1 Å². The van der Waals surface area contributed by atoms with Gasteiger partial charge in [-0.15, -0.1) is 0 Å². The highest BCUT2D eigenvalue weighted by atomic mass is 19.1. The smallest absolute Gasteiger partial charge is 0.338 e. The number of ether oxygens (including phenoxy) is 1. The number of halogens is 1. The topological polar surface area (TPSA) is 68.5 Å². The highest BCUT2D eigenvalue weighted by Gasteiger charge is 2.22. The van der Waals surface area contributed by atoms with Crippen molar-refractivity contribution in [3.63, 3.8) is 0 Å². The first kappa shape index (κ1) is 21.3. The monoisotopic (exact) mass is 431 g/mol. The van der Waals surface area contributed by atoms with Crippen LogP contribution in [0.2, 0.25) is 0 Å². The summed E-state index contributed by atoms with van der Waals surface area (Å²) in [4.78, 5) is 25.0. The number of carbonyl (C=O) groups excluding carboxylic acids is 2. The fourth-order valence-corrected chi connectivity index (χ4v) is 3.91. The molecule has 0 radical (unpaired) electrons. The first-order chi connectivity index (χ1) is 15.3. The summed E-state index contributed by atoms with van der Waals surface area (Å²) in [7, 11) is 2.90. The van der Waals surface area contributed by atoms with Crippen LogP contribution in [-0.2, 0) is 4.74 Å². The summed E-state index contributed by atoms with van der Waals surface area (Å²) in [5.74, 6) is -0.717. The lowest BCUT2D eigenvalue weighted by Gasteiger charge is -2.12. The van der Waals surface area contributed by atoms with E-state index in [2.05, 4.69) is 5.32 Å². The van der Waals surface area contributed by atoms with Gasteiger partial charge in [0.1, 0.15) is 17.2 Å². The van der Waals surface area contributed by atoms with Crippen LogP contribution in [0, 0.1) is 19.7 Å². The van der Waals surface area contributed by atoms with E-state index in [9.17, 15) is 14.0 Å². The molecule has 3 aromatic carbocycles. The quantitative estimate of drug-likeness (QED) is 0.423. The summed E-state index contributed by atoms with van der Waals surface area (Å²) in [5.41, 5.74) is 5.48. The zero-order chi connectivity index (χ0) is 23.0. The number of esters is 1. The molecule has 0 spiro atoms. The number of hydrogen-bond donors (Lipinski definition) is 1. The second kappa shape index (κ2) is 8.30. The molecule has 6 heteroatoms. The third-order valence-electron chi connectivity index (χ3n) is 5.54. The molecule has 0 saturated heterocycles. The van der Waals surface area contributed by atoms with Crippen molar-refractivity contribution in [3.05, 3.63) is 82.7 Å². The fraction of sp³-hybridized carbons (Fsp3) is 0.154. The van der Waals surface area contributed by atoms with E-state index in [-0.39, 0.29) is 11.7 Å². The first-order valence-corrected chi connectivity index (χ1v) is 10.1. The number of carbonyl (C=O) groups is 2. The van der Waals surface area contributed by atoms with Crippen LogP contribution in [0.5, 0.6) is 0 Å². The SMILES string of the molecule is CNC(=O)c1c(-c2ccc(F)cc2)oc2ccc(-c3cc(C(=O)OC)c(C)cc3C)cc12. The minimum Gasteiger partial charge on any atom is -0.465 e. The van der Waals surface area contributed by atoms with Crippen LogP contribution in [0.25, 0.3) is 33.4 Å². The van der Waals surface area contributed by atoms with Crippen molar-refractivity contribution in [1.29, 1.82) is 0 Å². The molecule has 4 aromatic rings. The average Bonchev–Trinajstić information content (AvgIpc) is 3.17. The Balaban J connectivity index is 1.94. The Kier molecular flexibility index (Phi) is 5.53. The third kappa shape index (κ3) is 3.64. The van der Waals surface area contributed by atoms with Crippen LogP contribution in [0.15, 0.2) is 59.0 Å².